The molecule has 4 aliphatic rings. The van der Waals surface area contributed by atoms with Crippen LogP contribution in [0, 0.1) is 11.8 Å². The molecule has 14 heteroatoms. The number of rotatable bonds is 12. The molecule has 4 fully saturated rings. The monoisotopic (exact) mass is 938 g/mol. The fraction of sp³-hybridized carbons (Fsp3) is 0.357. The molecule has 0 unspecified atom stereocenters. The van der Waals surface area contributed by atoms with E-state index in [4.69, 9.17) is 24.5 Å². The predicted molar refractivity (Wildman–Crippen MR) is 267 cm³/mol. The molecule has 2 saturated heterocycles. The molecule has 2 aliphatic carbocycles. The molecule has 0 spiro atoms. The molecule has 7 aromatic rings. The molecular weight excluding hydrogens is 881 g/mol. The maximum atomic E-state index is 14.7. The summed E-state index contributed by atoms with van der Waals surface area (Å²) in [6.07, 6.45) is 10.7. The Hall–Kier alpha value is -7.32. The summed E-state index contributed by atoms with van der Waals surface area (Å²) in [5.74, 6) is 2.09. The number of fused-ring (bicyclic) bond motifs is 4. The third-order valence-electron chi connectivity index (χ3n) is 15.4. The first-order valence-corrected chi connectivity index (χ1v) is 24.7. The summed E-state index contributed by atoms with van der Waals surface area (Å²) in [7, 11) is 2.72. The van der Waals surface area contributed by atoms with Crippen LogP contribution in [0.1, 0.15) is 111 Å². The zero-order chi connectivity index (χ0) is 47.7. The molecule has 70 heavy (non-hydrogen) atoms. The molecule has 14 nitrogen and oxygen atoms in total. The number of amides is 3. The Morgan fingerprint density at radius 1 is 0.629 bits per heavy atom. The summed E-state index contributed by atoms with van der Waals surface area (Å²) in [6, 6.07) is 38.2. The highest BCUT2D eigenvalue weighted by Gasteiger charge is 2.49. The number of carbonyl (C=O) groups is 3. The van der Waals surface area contributed by atoms with Gasteiger partial charge in [-0.05, 0) is 108 Å². The number of likely N-dealkylation sites (tertiary alicyclic amines) is 2. The van der Waals surface area contributed by atoms with Crippen molar-refractivity contribution in [1.29, 1.82) is 0 Å². The SMILES string of the molecule is COOC=N[C@@H](C(=O)N1[C@@H]2CCCC[C@@H]2C[C@H]1c1nc2ccc(-c3ccc(-c4ccc5nc([C@@H]6C[C@H]7CCCC[C@H]7N6C(=O)[C@H](NC(=O)OC)c6ccccc6)[nH]c5c4)cc3)cc2[nH]1)c1ccccc1. The Morgan fingerprint density at radius 2 is 1.11 bits per heavy atom. The van der Waals surface area contributed by atoms with Gasteiger partial charge in [-0.25, -0.2) is 19.8 Å². The lowest BCUT2D eigenvalue weighted by Crippen LogP contribution is -2.47. The van der Waals surface area contributed by atoms with E-state index in [1.165, 1.54) is 27.0 Å². The lowest BCUT2D eigenvalue weighted by atomic mass is 9.84. The molecule has 0 bridgehead atoms. The van der Waals surface area contributed by atoms with Crippen molar-refractivity contribution in [2.75, 3.05) is 14.2 Å². The number of carbonyl (C=O) groups excluding carboxylic acids is 3. The Morgan fingerprint density at radius 3 is 1.63 bits per heavy atom. The number of methoxy groups -OCH3 is 1. The summed E-state index contributed by atoms with van der Waals surface area (Å²) in [5.41, 5.74) is 9.25. The van der Waals surface area contributed by atoms with Crippen molar-refractivity contribution >= 4 is 46.4 Å². The highest BCUT2D eigenvalue weighted by atomic mass is 17.2. The first-order chi connectivity index (χ1) is 34.3. The lowest BCUT2D eigenvalue weighted by Gasteiger charge is -2.36. The van der Waals surface area contributed by atoms with E-state index >= 15 is 0 Å². The smallest absolute Gasteiger partial charge is 0.407 e. The first-order valence-electron chi connectivity index (χ1n) is 24.7. The summed E-state index contributed by atoms with van der Waals surface area (Å²) in [6.45, 7) is 0. The van der Waals surface area contributed by atoms with E-state index < -0.39 is 18.2 Å². The van der Waals surface area contributed by atoms with Crippen LogP contribution >= 0.6 is 0 Å². The number of nitrogens with zero attached hydrogens (tertiary/aromatic N) is 5. The normalized spacial score (nSPS) is 23.0. The van der Waals surface area contributed by atoms with Crippen LogP contribution in [-0.4, -0.2) is 80.3 Å². The molecule has 8 atom stereocenters. The molecule has 5 aromatic carbocycles. The Balaban J connectivity index is 0.839. The van der Waals surface area contributed by atoms with E-state index in [2.05, 4.69) is 79.8 Å². The highest BCUT2D eigenvalue weighted by Crippen LogP contribution is 2.49. The van der Waals surface area contributed by atoms with Gasteiger partial charge in [-0.3, -0.25) is 9.59 Å². The molecule has 3 amide bonds. The summed E-state index contributed by atoms with van der Waals surface area (Å²) in [4.78, 5) is 77.9. The summed E-state index contributed by atoms with van der Waals surface area (Å²) in [5, 5.41) is 2.83. The van der Waals surface area contributed by atoms with Crippen LogP contribution in [-0.2, 0) is 24.1 Å². The second-order valence-electron chi connectivity index (χ2n) is 19.3. The Labute approximate surface area is 406 Å². The number of benzene rings is 5. The van der Waals surface area contributed by atoms with Crippen molar-refractivity contribution in [1.82, 2.24) is 35.1 Å². The van der Waals surface area contributed by atoms with Gasteiger partial charge in [0.2, 0.25) is 6.40 Å². The number of ether oxygens (including phenoxy) is 1. The largest absolute Gasteiger partial charge is 0.453 e. The lowest BCUT2D eigenvalue weighted by molar-refractivity contribution is -0.188. The van der Waals surface area contributed by atoms with E-state index in [-0.39, 0.29) is 36.0 Å². The molecule has 2 saturated carbocycles. The van der Waals surface area contributed by atoms with E-state index in [0.717, 1.165) is 119 Å². The number of nitrogens with one attached hydrogen (secondary N) is 3. The molecule has 358 valence electrons. The second kappa shape index (κ2) is 19.6. The van der Waals surface area contributed by atoms with Gasteiger partial charge in [0.15, 0.2) is 6.04 Å². The fourth-order valence-electron chi connectivity index (χ4n) is 12.1. The standard InChI is InChI=1S/C56H58N8O6/c1-68-56(67)62-51(37-15-7-4-8-16-37)55(66)64-47-20-12-10-18-41(47)32-49(64)53-59-43-28-26-39(30-45(43)61-53)35-23-21-34(22-24-35)38-25-27-42-44(29-38)60-52(58-42)48-31-40-17-9-11-19-46(40)63(48)54(65)50(57-33-70-69-2)36-13-5-3-6-14-36/h3-8,13-16,21-30,33,40-41,46-51H,9-12,17-20,31-32H2,1-2H3,(H,58,60)(H,59,61)(H,62,67)/t40-,41-,46-,47-,48+,49+,50-,51-/m1/s1. The number of aliphatic imine (C=N–C) groups is 1. The minimum Gasteiger partial charge on any atom is -0.453 e. The molecule has 3 N–H and O–H groups in total. The van der Waals surface area contributed by atoms with Crippen LogP contribution in [0.15, 0.2) is 126 Å². The molecule has 11 rings (SSSR count). The third-order valence-corrected chi connectivity index (χ3v) is 15.4. The van der Waals surface area contributed by atoms with Gasteiger partial charge in [-0.15, -0.1) is 0 Å². The van der Waals surface area contributed by atoms with Gasteiger partial charge in [-0.2, -0.15) is 4.89 Å². The third kappa shape index (κ3) is 8.69. The van der Waals surface area contributed by atoms with Crippen LogP contribution in [0.2, 0.25) is 0 Å². The van der Waals surface area contributed by atoms with E-state index in [9.17, 15) is 14.4 Å². The number of aromatic nitrogens is 4. The number of imidazole rings is 2. The number of hydrogen-bond donors (Lipinski definition) is 3. The summed E-state index contributed by atoms with van der Waals surface area (Å²) >= 11 is 0. The minimum absolute atomic E-state index is 0.0644. The topological polar surface area (TPSA) is 167 Å². The van der Waals surface area contributed by atoms with E-state index in [1.54, 1.807) is 0 Å². The quantitative estimate of drug-likeness (QED) is 0.0471. The fourth-order valence-corrected chi connectivity index (χ4v) is 12.1. The average Bonchev–Trinajstić information content (AvgIpc) is 4.22. The van der Waals surface area contributed by atoms with Crippen LogP contribution in [0.5, 0.6) is 0 Å². The first kappa shape index (κ1) is 45.1. The van der Waals surface area contributed by atoms with E-state index in [1.807, 2.05) is 71.6 Å². The number of aromatic amines is 2. The van der Waals surface area contributed by atoms with Crippen LogP contribution in [0.25, 0.3) is 44.3 Å². The van der Waals surface area contributed by atoms with Crippen LogP contribution < -0.4 is 5.32 Å². The van der Waals surface area contributed by atoms with Crippen molar-refractivity contribution in [3.05, 3.63) is 144 Å². The van der Waals surface area contributed by atoms with Crippen LogP contribution in [0.3, 0.4) is 0 Å². The van der Waals surface area contributed by atoms with Gasteiger partial charge in [0, 0.05) is 12.1 Å². The summed E-state index contributed by atoms with van der Waals surface area (Å²) < 4.78 is 4.97. The molecule has 2 aliphatic heterocycles. The van der Waals surface area contributed by atoms with Gasteiger partial charge in [0.05, 0.1) is 48.4 Å². The maximum absolute atomic E-state index is 14.7. The van der Waals surface area contributed by atoms with Gasteiger partial charge >= 0.3 is 6.09 Å². The Bertz CT molecular complexity index is 3030. The highest BCUT2D eigenvalue weighted by molar-refractivity contribution is 5.89. The average molecular weight is 939 g/mol. The van der Waals surface area contributed by atoms with Crippen molar-refractivity contribution in [3.63, 3.8) is 0 Å². The van der Waals surface area contributed by atoms with Crippen molar-refractivity contribution < 1.29 is 28.9 Å². The molecular formula is C56H58N8O6. The zero-order valence-corrected chi connectivity index (χ0v) is 39.5. The minimum atomic E-state index is -0.887. The number of hydrogen-bond acceptors (Lipinski definition) is 9. The molecule has 0 radical (unpaired) electrons. The Kier molecular flexibility index (Phi) is 12.6. The second-order valence-corrected chi connectivity index (χ2v) is 19.3. The van der Waals surface area contributed by atoms with Gasteiger partial charge < -0.3 is 34.7 Å². The van der Waals surface area contributed by atoms with Crippen molar-refractivity contribution in [2.45, 2.75) is 100 Å². The van der Waals surface area contributed by atoms with Crippen LogP contribution in [0.4, 0.5) is 4.79 Å². The van der Waals surface area contributed by atoms with Gasteiger partial charge in [0.1, 0.15) is 17.7 Å². The zero-order valence-electron chi connectivity index (χ0n) is 39.5. The number of alkyl carbamates (subject to hydrolysis) is 1. The van der Waals surface area contributed by atoms with Gasteiger partial charge in [0.25, 0.3) is 11.8 Å². The van der Waals surface area contributed by atoms with Crippen molar-refractivity contribution in [3.8, 4) is 22.3 Å². The van der Waals surface area contributed by atoms with E-state index in [0.29, 0.717) is 17.4 Å². The maximum Gasteiger partial charge on any atom is 0.407 e. The van der Waals surface area contributed by atoms with Crippen molar-refractivity contribution in [2.24, 2.45) is 16.8 Å². The number of H-pyrrole nitrogens is 2. The molecule has 4 heterocycles. The van der Waals surface area contributed by atoms with Gasteiger partial charge in [-0.1, -0.05) is 123 Å². The molecule has 2 aromatic heterocycles. The predicted octanol–water partition coefficient (Wildman–Crippen LogP) is 10.9.